The first-order valence-corrected chi connectivity index (χ1v) is 5.39. The van der Waals surface area contributed by atoms with E-state index in [1.54, 1.807) is 11.8 Å². The van der Waals surface area contributed by atoms with Gasteiger partial charge in [0, 0.05) is 0 Å². The van der Waals surface area contributed by atoms with E-state index in [2.05, 4.69) is 26.1 Å². The summed E-state index contributed by atoms with van der Waals surface area (Å²) in [5, 5.41) is 7.56. The average molecular weight is 208 g/mol. The van der Waals surface area contributed by atoms with Crippen molar-refractivity contribution >= 4 is 33.6 Å². The van der Waals surface area contributed by atoms with Gasteiger partial charge < -0.3 is 0 Å². The van der Waals surface area contributed by atoms with Crippen molar-refractivity contribution in [1.82, 2.24) is 20.2 Å². The second-order valence-corrected chi connectivity index (χ2v) is 4.12. The molecule has 0 aromatic carbocycles. The molecule has 2 rings (SSSR count). The van der Waals surface area contributed by atoms with Crippen molar-refractivity contribution in [2.45, 2.75) is 4.34 Å². The molecule has 13 heavy (non-hydrogen) atoms. The Balaban J connectivity index is 2.65. The van der Waals surface area contributed by atoms with E-state index in [4.69, 9.17) is 6.42 Å². The van der Waals surface area contributed by atoms with Crippen LogP contribution >= 0.6 is 23.1 Å². The van der Waals surface area contributed by atoms with Gasteiger partial charge in [-0.15, -0.1) is 16.6 Å². The molecule has 2 aromatic heterocycles. The SMILES string of the molecule is C#Cc1nnc2nc(SC)sc2n1. The van der Waals surface area contributed by atoms with E-state index in [0.717, 1.165) is 9.17 Å². The molecule has 0 N–H and O–H groups in total. The van der Waals surface area contributed by atoms with Crippen LogP contribution in [0.1, 0.15) is 5.82 Å². The Morgan fingerprint density at radius 3 is 2.92 bits per heavy atom. The first-order chi connectivity index (χ1) is 6.33. The van der Waals surface area contributed by atoms with Gasteiger partial charge in [-0.25, -0.2) is 9.97 Å². The minimum atomic E-state index is 0.309. The van der Waals surface area contributed by atoms with Crippen LogP contribution < -0.4 is 0 Å². The Morgan fingerprint density at radius 2 is 2.23 bits per heavy atom. The molecule has 0 amide bonds. The molecule has 0 bridgehead atoms. The number of hydrogen-bond acceptors (Lipinski definition) is 6. The van der Waals surface area contributed by atoms with E-state index in [1.807, 2.05) is 6.26 Å². The molecule has 0 aliphatic carbocycles. The molecule has 2 aromatic rings. The van der Waals surface area contributed by atoms with Gasteiger partial charge in [-0.05, 0) is 12.2 Å². The number of aromatic nitrogens is 4. The summed E-state index contributed by atoms with van der Waals surface area (Å²) >= 11 is 3.03. The fourth-order valence-corrected chi connectivity index (χ4v) is 2.14. The van der Waals surface area contributed by atoms with E-state index in [0.29, 0.717) is 11.5 Å². The number of hydrogen-bond donors (Lipinski definition) is 0. The molecular weight excluding hydrogens is 204 g/mol. The molecule has 2 heterocycles. The second-order valence-electron chi connectivity index (χ2n) is 2.09. The van der Waals surface area contributed by atoms with Gasteiger partial charge in [-0.1, -0.05) is 23.1 Å². The lowest BCUT2D eigenvalue weighted by molar-refractivity contribution is 0.983. The van der Waals surface area contributed by atoms with Crippen LogP contribution in [0.5, 0.6) is 0 Å². The van der Waals surface area contributed by atoms with E-state index in [-0.39, 0.29) is 0 Å². The fourth-order valence-electron chi connectivity index (χ4n) is 0.785. The first kappa shape index (κ1) is 8.41. The van der Waals surface area contributed by atoms with Crippen LogP contribution in [0.15, 0.2) is 4.34 Å². The molecule has 0 saturated carbocycles. The van der Waals surface area contributed by atoms with Crippen LogP contribution in [0.3, 0.4) is 0 Å². The Labute approximate surface area is 82.8 Å². The van der Waals surface area contributed by atoms with Gasteiger partial charge >= 0.3 is 0 Å². The van der Waals surface area contributed by atoms with Crippen LogP contribution in [0.2, 0.25) is 0 Å². The molecule has 0 aliphatic rings. The van der Waals surface area contributed by atoms with Gasteiger partial charge in [-0.3, -0.25) is 0 Å². The summed E-state index contributed by atoms with van der Waals surface area (Å²) in [6.07, 6.45) is 7.10. The number of fused-ring (bicyclic) bond motifs is 1. The number of nitrogens with zero attached hydrogens (tertiary/aromatic N) is 4. The number of thioether (sulfide) groups is 1. The highest BCUT2D eigenvalue weighted by molar-refractivity contribution is 8.00. The highest BCUT2D eigenvalue weighted by Gasteiger charge is 2.06. The maximum atomic E-state index is 5.14. The highest BCUT2D eigenvalue weighted by atomic mass is 32.2. The zero-order valence-corrected chi connectivity index (χ0v) is 8.32. The quantitative estimate of drug-likeness (QED) is 0.520. The number of rotatable bonds is 1. The third-order valence-electron chi connectivity index (χ3n) is 1.32. The predicted octanol–water partition coefficient (Wildman–Crippen LogP) is 1.18. The van der Waals surface area contributed by atoms with Crippen molar-refractivity contribution in [1.29, 1.82) is 0 Å². The third kappa shape index (κ3) is 1.48. The minimum Gasteiger partial charge on any atom is -0.207 e. The van der Waals surface area contributed by atoms with Crippen LogP contribution in [0, 0.1) is 12.3 Å². The Kier molecular flexibility index (Phi) is 2.12. The normalized spacial score (nSPS) is 10.2. The van der Waals surface area contributed by atoms with Crippen LogP contribution in [0.25, 0.3) is 10.5 Å². The van der Waals surface area contributed by atoms with E-state index < -0.39 is 0 Å². The number of thiazole rings is 1. The van der Waals surface area contributed by atoms with Gasteiger partial charge in [0.05, 0.1) is 0 Å². The van der Waals surface area contributed by atoms with Crippen molar-refractivity contribution in [2.75, 3.05) is 6.26 Å². The molecule has 64 valence electrons. The number of terminal acetylenes is 1. The topological polar surface area (TPSA) is 51.6 Å². The zero-order chi connectivity index (χ0) is 9.26. The van der Waals surface area contributed by atoms with Gasteiger partial charge in [0.15, 0.2) is 9.17 Å². The van der Waals surface area contributed by atoms with E-state index in [1.165, 1.54) is 11.3 Å². The Hall–Kier alpha value is -1.19. The zero-order valence-electron chi connectivity index (χ0n) is 6.68. The smallest absolute Gasteiger partial charge is 0.207 e. The van der Waals surface area contributed by atoms with Gasteiger partial charge in [0.25, 0.3) is 0 Å². The molecule has 0 spiro atoms. The molecule has 4 nitrogen and oxygen atoms in total. The Bertz CT molecular complexity index is 485. The lowest BCUT2D eigenvalue weighted by Crippen LogP contribution is -1.91. The molecule has 0 fully saturated rings. The summed E-state index contributed by atoms with van der Waals surface area (Å²) in [6, 6.07) is 0. The third-order valence-corrected chi connectivity index (χ3v) is 3.25. The summed E-state index contributed by atoms with van der Waals surface area (Å²) in [6.45, 7) is 0. The molecule has 0 radical (unpaired) electrons. The monoisotopic (exact) mass is 208 g/mol. The summed E-state index contributed by atoms with van der Waals surface area (Å²) in [4.78, 5) is 9.02. The van der Waals surface area contributed by atoms with Crippen LogP contribution in [-0.2, 0) is 0 Å². The van der Waals surface area contributed by atoms with Gasteiger partial charge in [0.2, 0.25) is 11.5 Å². The van der Waals surface area contributed by atoms with Crippen LogP contribution in [-0.4, -0.2) is 26.4 Å². The van der Waals surface area contributed by atoms with Crippen molar-refractivity contribution in [2.24, 2.45) is 0 Å². The largest absolute Gasteiger partial charge is 0.227 e. The molecular formula is C7H4N4S2. The van der Waals surface area contributed by atoms with Crippen molar-refractivity contribution in [3.05, 3.63) is 5.82 Å². The molecule has 6 heteroatoms. The molecule has 0 aliphatic heterocycles. The van der Waals surface area contributed by atoms with Gasteiger partial charge in [0.1, 0.15) is 0 Å². The maximum absolute atomic E-state index is 5.14. The van der Waals surface area contributed by atoms with E-state index >= 15 is 0 Å². The molecule has 0 atom stereocenters. The molecule has 0 unspecified atom stereocenters. The summed E-state index contributed by atoms with van der Waals surface area (Å²) in [7, 11) is 0. The summed E-state index contributed by atoms with van der Waals surface area (Å²) in [5.74, 6) is 2.64. The lowest BCUT2D eigenvalue weighted by Gasteiger charge is -1.84. The van der Waals surface area contributed by atoms with Crippen molar-refractivity contribution in [3.63, 3.8) is 0 Å². The summed E-state index contributed by atoms with van der Waals surface area (Å²) < 4.78 is 0.922. The first-order valence-electron chi connectivity index (χ1n) is 3.35. The Morgan fingerprint density at radius 1 is 1.38 bits per heavy atom. The summed E-state index contributed by atoms with van der Waals surface area (Å²) in [5.41, 5.74) is 0.563. The molecule has 0 saturated heterocycles. The second kappa shape index (κ2) is 3.28. The van der Waals surface area contributed by atoms with Gasteiger partial charge in [-0.2, -0.15) is 0 Å². The average Bonchev–Trinajstić information content (AvgIpc) is 2.58. The standard InChI is InChI=1S/C7H4N4S2/c1-3-4-8-6-5(11-10-4)9-7(12-2)13-6/h1H,2H3. The lowest BCUT2D eigenvalue weighted by atomic mass is 10.6. The van der Waals surface area contributed by atoms with Crippen molar-refractivity contribution < 1.29 is 0 Å². The van der Waals surface area contributed by atoms with Crippen molar-refractivity contribution in [3.8, 4) is 12.3 Å². The minimum absolute atomic E-state index is 0.309. The fraction of sp³-hybridized carbons (Fsp3) is 0.143. The van der Waals surface area contributed by atoms with Crippen LogP contribution in [0.4, 0.5) is 0 Å². The maximum Gasteiger partial charge on any atom is 0.227 e. The predicted molar refractivity (Wildman–Crippen MR) is 52.7 cm³/mol. The van der Waals surface area contributed by atoms with E-state index in [9.17, 15) is 0 Å². The highest BCUT2D eigenvalue weighted by Crippen LogP contribution is 2.24.